The monoisotopic (exact) mass is 281 g/mol. The van der Waals surface area contributed by atoms with Crippen molar-refractivity contribution >= 4 is 0 Å². The maximum absolute atomic E-state index is 3.82. The topological polar surface area (TPSA) is 18.5 Å². The van der Waals surface area contributed by atoms with Gasteiger partial charge in [0.15, 0.2) is 0 Å². The number of hydrogen-bond donors (Lipinski definition) is 1. The van der Waals surface area contributed by atoms with E-state index in [2.05, 4.69) is 42.8 Å². The summed E-state index contributed by atoms with van der Waals surface area (Å²) in [5.41, 5.74) is 0. The third kappa shape index (κ3) is 4.19. The van der Waals surface area contributed by atoms with Crippen molar-refractivity contribution in [3.05, 3.63) is 0 Å². The van der Waals surface area contributed by atoms with Crippen LogP contribution in [-0.4, -0.2) is 60.6 Å². The van der Waals surface area contributed by atoms with E-state index in [0.29, 0.717) is 6.04 Å². The van der Waals surface area contributed by atoms with Gasteiger partial charge in [-0.3, -0.25) is 9.80 Å². The summed E-state index contributed by atoms with van der Waals surface area (Å²) in [5, 5.41) is 3.82. The lowest BCUT2D eigenvalue weighted by molar-refractivity contribution is 0.0400. The van der Waals surface area contributed by atoms with Gasteiger partial charge < -0.3 is 5.32 Å². The van der Waals surface area contributed by atoms with Crippen LogP contribution in [0.2, 0.25) is 0 Å². The van der Waals surface area contributed by atoms with E-state index in [0.717, 1.165) is 18.0 Å². The van der Waals surface area contributed by atoms with Crippen LogP contribution in [0.1, 0.15) is 53.4 Å². The standard InChI is InChI=1S/C17H35N3/c1-5-8-18-16-7-6-15(4)13-17(16)20-11-9-19(10-12-20)14(2)3/h14-18H,5-13H2,1-4H3. The lowest BCUT2D eigenvalue weighted by atomic mass is 9.82. The summed E-state index contributed by atoms with van der Waals surface area (Å²) < 4.78 is 0. The predicted molar refractivity (Wildman–Crippen MR) is 87.2 cm³/mol. The Morgan fingerprint density at radius 1 is 1.10 bits per heavy atom. The number of nitrogens with one attached hydrogen (secondary N) is 1. The average Bonchev–Trinajstić information content (AvgIpc) is 2.46. The molecule has 20 heavy (non-hydrogen) atoms. The van der Waals surface area contributed by atoms with Crippen LogP contribution in [0.15, 0.2) is 0 Å². The average molecular weight is 281 g/mol. The smallest absolute Gasteiger partial charge is 0.0252 e. The minimum Gasteiger partial charge on any atom is -0.312 e. The quantitative estimate of drug-likeness (QED) is 0.835. The van der Waals surface area contributed by atoms with Crippen LogP contribution in [0.5, 0.6) is 0 Å². The molecule has 0 spiro atoms. The maximum Gasteiger partial charge on any atom is 0.0252 e. The summed E-state index contributed by atoms with van der Waals surface area (Å²) in [6.45, 7) is 15.6. The summed E-state index contributed by atoms with van der Waals surface area (Å²) in [4.78, 5) is 5.40. The molecule has 0 bridgehead atoms. The first kappa shape index (κ1) is 16.3. The second-order valence-corrected chi connectivity index (χ2v) is 7.21. The van der Waals surface area contributed by atoms with Crippen LogP contribution >= 0.6 is 0 Å². The Morgan fingerprint density at radius 2 is 1.80 bits per heavy atom. The Hall–Kier alpha value is -0.120. The normalized spacial score (nSPS) is 33.8. The third-order valence-electron chi connectivity index (χ3n) is 5.28. The Bertz CT molecular complexity index is 269. The fourth-order valence-corrected chi connectivity index (χ4v) is 3.91. The third-order valence-corrected chi connectivity index (χ3v) is 5.28. The Morgan fingerprint density at radius 3 is 2.40 bits per heavy atom. The van der Waals surface area contributed by atoms with Gasteiger partial charge in [-0.05, 0) is 52.0 Å². The minimum absolute atomic E-state index is 0.705. The largest absolute Gasteiger partial charge is 0.312 e. The van der Waals surface area contributed by atoms with Crippen molar-refractivity contribution in [2.75, 3.05) is 32.7 Å². The predicted octanol–water partition coefficient (Wildman–Crippen LogP) is 2.57. The van der Waals surface area contributed by atoms with Gasteiger partial charge in [-0.1, -0.05) is 13.8 Å². The molecule has 3 heteroatoms. The Kier molecular flexibility index (Phi) is 6.31. The highest BCUT2D eigenvalue weighted by Crippen LogP contribution is 2.28. The molecule has 0 aromatic heterocycles. The minimum atomic E-state index is 0.705. The summed E-state index contributed by atoms with van der Waals surface area (Å²) in [7, 11) is 0. The highest BCUT2D eigenvalue weighted by molar-refractivity contribution is 4.92. The van der Waals surface area contributed by atoms with Crippen LogP contribution < -0.4 is 5.32 Å². The molecule has 2 fully saturated rings. The van der Waals surface area contributed by atoms with E-state index in [4.69, 9.17) is 0 Å². The molecule has 1 N–H and O–H groups in total. The lowest BCUT2D eigenvalue weighted by Crippen LogP contribution is -2.59. The fraction of sp³-hybridized carbons (Fsp3) is 1.00. The molecule has 1 saturated carbocycles. The number of nitrogens with zero attached hydrogens (tertiary/aromatic N) is 2. The van der Waals surface area contributed by atoms with Gasteiger partial charge in [-0.25, -0.2) is 0 Å². The first-order chi connectivity index (χ1) is 9.61. The van der Waals surface area contributed by atoms with Crippen LogP contribution in [0.25, 0.3) is 0 Å². The molecular formula is C17H35N3. The second kappa shape index (κ2) is 7.77. The van der Waals surface area contributed by atoms with E-state index in [1.54, 1.807) is 0 Å². The highest BCUT2D eigenvalue weighted by Gasteiger charge is 2.34. The van der Waals surface area contributed by atoms with E-state index in [1.165, 1.54) is 58.4 Å². The van der Waals surface area contributed by atoms with Crippen molar-refractivity contribution in [3.63, 3.8) is 0 Å². The molecule has 2 rings (SSSR count). The van der Waals surface area contributed by atoms with Crippen molar-refractivity contribution in [2.24, 2.45) is 5.92 Å². The van der Waals surface area contributed by atoms with Crippen molar-refractivity contribution in [3.8, 4) is 0 Å². The molecule has 3 unspecified atom stereocenters. The van der Waals surface area contributed by atoms with Crippen LogP contribution in [-0.2, 0) is 0 Å². The van der Waals surface area contributed by atoms with Crippen LogP contribution in [0, 0.1) is 5.92 Å². The van der Waals surface area contributed by atoms with Gasteiger partial charge in [0, 0.05) is 44.3 Å². The fourth-order valence-electron chi connectivity index (χ4n) is 3.91. The lowest BCUT2D eigenvalue weighted by Gasteiger charge is -2.46. The molecule has 1 aliphatic heterocycles. The second-order valence-electron chi connectivity index (χ2n) is 7.21. The maximum atomic E-state index is 3.82. The molecule has 118 valence electrons. The first-order valence-electron chi connectivity index (χ1n) is 8.83. The molecule has 3 nitrogen and oxygen atoms in total. The number of hydrogen-bond acceptors (Lipinski definition) is 3. The van der Waals surface area contributed by atoms with Gasteiger partial charge in [0.1, 0.15) is 0 Å². The highest BCUT2D eigenvalue weighted by atomic mass is 15.3. The molecule has 0 aromatic rings. The molecule has 1 aliphatic carbocycles. The van der Waals surface area contributed by atoms with Gasteiger partial charge in [0.2, 0.25) is 0 Å². The van der Waals surface area contributed by atoms with Gasteiger partial charge in [0.05, 0.1) is 0 Å². The van der Waals surface area contributed by atoms with E-state index in [9.17, 15) is 0 Å². The van der Waals surface area contributed by atoms with Gasteiger partial charge in [-0.2, -0.15) is 0 Å². The van der Waals surface area contributed by atoms with Crippen LogP contribution in [0.4, 0.5) is 0 Å². The molecular weight excluding hydrogens is 246 g/mol. The van der Waals surface area contributed by atoms with E-state index < -0.39 is 0 Å². The zero-order chi connectivity index (χ0) is 14.5. The van der Waals surface area contributed by atoms with Crippen molar-refractivity contribution in [2.45, 2.75) is 71.5 Å². The molecule has 1 saturated heterocycles. The molecule has 0 radical (unpaired) electrons. The zero-order valence-corrected chi connectivity index (χ0v) is 14.1. The molecule has 1 heterocycles. The van der Waals surface area contributed by atoms with Crippen molar-refractivity contribution in [1.29, 1.82) is 0 Å². The summed E-state index contributed by atoms with van der Waals surface area (Å²) in [6, 6.07) is 2.22. The number of piperazine rings is 1. The van der Waals surface area contributed by atoms with E-state index in [1.807, 2.05) is 0 Å². The molecule has 2 aliphatic rings. The molecule has 3 atom stereocenters. The molecule has 0 amide bonds. The van der Waals surface area contributed by atoms with Crippen molar-refractivity contribution < 1.29 is 0 Å². The summed E-state index contributed by atoms with van der Waals surface area (Å²) in [6.07, 6.45) is 5.42. The van der Waals surface area contributed by atoms with Gasteiger partial charge in [-0.15, -0.1) is 0 Å². The zero-order valence-electron chi connectivity index (χ0n) is 14.1. The Balaban J connectivity index is 1.90. The Labute approximate surface area is 126 Å². The van der Waals surface area contributed by atoms with Gasteiger partial charge >= 0.3 is 0 Å². The number of rotatable bonds is 5. The van der Waals surface area contributed by atoms with Gasteiger partial charge in [0.25, 0.3) is 0 Å². The van der Waals surface area contributed by atoms with E-state index >= 15 is 0 Å². The van der Waals surface area contributed by atoms with Crippen LogP contribution in [0.3, 0.4) is 0 Å². The molecule has 0 aromatic carbocycles. The summed E-state index contributed by atoms with van der Waals surface area (Å²) >= 11 is 0. The summed E-state index contributed by atoms with van der Waals surface area (Å²) in [5.74, 6) is 0.905. The van der Waals surface area contributed by atoms with Crippen molar-refractivity contribution in [1.82, 2.24) is 15.1 Å². The first-order valence-corrected chi connectivity index (χ1v) is 8.83. The SMILES string of the molecule is CCCNC1CCC(C)CC1N1CCN(C(C)C)CC1. The van der Waals surface area contributed by atoms with E-state index in [-0.39, 0.29) is 0 Å².